The van der Waals surface area contributed by atoms with Gasteiger partial charge >= 0.3 is 29.6 Å². The van der Waals surface area contributed by atoms with Crippen LogP contribution in [0.4, 0.5) is 0 Å². The second kappa shape index (κ2) is 13.0. The molecule has 0 aromatic carbocycles. The Kier molecular flexibility index (Phi) is 16.3. The fourth-order valence-electron chi connectivity index (χ4n) is 1.30. The molecule has 0 heterocycles. The predicted octanol–water partition coefficient (Wildman–Crippen LogP) is 2.67. The van der Waals surface area contributed by atoms with Gasteiger partial charge in [0.05, 0.1) is 6.10 Å². The van der Waals surface area contributed by atoms with Crippen molar-refractivity contribution in [2.45, 2.75) is 64.4 Å². The quantitative estimate of drug-likeness (QED) is 0.466. The van der Waals surface area contributed by atoms with E-state index in [0.29, 0.717) is 6.42 Å². The molecule has 0 aromatic heterocycles. The molecule has 1 N–H and O–H groups in total. The summed E-state index contributed by atoms with van der Waals surface area (Å²) in [7, 11) is 0. The van der Waals surface area contributed by atoms with Gasteiger partial charge in [-0.25, -0.2) is 0 Å². The molecule has 0 aromatic rings. The summed E-state index contributed by atoms with van der Waals surface area (Å²) in [5, 5.41) is 9.20. The third-order valence-electron chi connectivity index (χ3n) is 2.22. The Bertz CT molecular complexity index is 86.2. The molecule has 2 heteroatoms. The monoisotopic (exact) mass is 195 g/mol. The van der Waals surface area contributed by atoms with E-state index in [4.69, 9.17) is 0 Å². The van der Waals surface area contributed by atoms with Gasteiger partial charge in [-0.2, -0.15) is 0 Å². The van der Waals surface area contributed by atoms with E-state index in [1.54, 1.807) is 0 Å². The third kappa shape index (κ3) is 13.0. The molecule has 0 bridgehead atoms. The average molecular weight is 195 g/mol. The van der Waals surface area contributed by atoms with Gasteiger partial charge in [0.25, 0.3) is 0 Å². The van der Waals surface area contributed by atoms with E-state index in [-0.39, 0.29) is 35.7 Å². The minimum atomic E-state index is -0.156. The van der Waals surface area contributed by atoms with Gasteiger partial charge in [0, 0.05) is 0 Å². The summed E-state index contributed by atoms with van der Waals surface area (Å²) in [6, 6.07) is 0. The zero-order valence-electron chi connectivity index (χ0n) is 8.39. The Labute approximate surface area is 106 Å². The van der Waals surface area contributed by atoms with Gasteiger partial charge in [-0.1, -0.05) is 52.4 Å². The number of rotatable bonds is 8. The van der Waals surface area contributed by atoms with Crippen LogP contribution < -0.4 is 0 Å². The molecule has 1 radical (unpaired) electrons. The number of aliphatic hydroxyl groups is 1. The van der Waals surface area contributed by atoms with Gasteiger partial charge in [0.15, 0.2) is 0 Å². The average Bonchev–Trinajstić information content (AvgIpc) is 2.10. The van der Waals surface area contributed by atoms with Crippen LogP contribution in [-0.2, 0) is 0 Å². The van der Waals surface area contributed by atoms with Crippen molar-refractivity contribution >= 4 is 29.6 Å². The maximum atomic E-state index is 9.20. The first-order chi connectivity index (χ1) is 5.81. The van der Waals surface area contributed by atoms with E-state index in [1.807, 2.05) is 0 Å². The molecule has 0 rings (SSSR count). The third-order valence-corrected chi connectivity index (χ3v) is 2.22. The zero-order valence-corrected chi connectivity index (χ0v) is 8.39. The van der Waals surface area contributed by atoms with Crippen molar-refractivity contribution in [3.63, 3.8) is 0 Å². The van der Waals surface area contributed by atoms with Crippen LogP contribution in [0.2, 0.25) is 0 Å². The van der Waals surface area contributed by atoms with E-state index >= 15 is 0 Å². The van der Waals surface area contributed by atoms with Crippen LogP contribution in [0.15, 0.2) is 0 Å². The van der Waals surface area contributed by atoms with Crippen molar-refractivity contribution in [3.8, 4) is 0 Å². The minimum absolute atomic E-state index is 0. The Morgan fingerprint density at radius 1 is 1.08 bits per heavy atom. The number of aliphatic hydroxyl groups excluding tert-OH is 1. The summed E-state index contributed by atoms with van der Waals surface area (Å²) in [6.07, 6.45) is 9.24. The molecular weight excluding hydrogens is 171 g/mol. The van der Waals surface area contributed by atoms with Crippen molar-refractivity contribution < 1.29 is 5.11 Å². The van der Waals surface area contributed by atoms with Crippen molar-refractivity contribution in [3.05, 3.63) is 6.92 Å². The van der Waals surface area contributed by atoms with Crippen LogP contribution in [0.1, 0.15) is 58.3 Å². The van der Waals surface area contributed by atoms with Crippen molar-refractivity contribution in [1.29, 1.82) is 0 Å². The number of hydrogen-bond acceptors (Lipinski definition) is 1. The van der Waals surface area contributed by atoms with Crippen LogP contribution in [-0.4, -0.2) is 40.8 Å². The van der Waals surface area contributed by atoms with Crippen molar-refractivity contribution in [2.75, 3.05) is 0 Å². The Morgan fingerprint density at radius 2 is 1.62 bits per heavy atom. The second-order valence-electron chi connectivity index (χ2n) is 3.50. The van der Waals surface area contributed by atoms with Crippen LogP contribution in [0.25, 0.3) is 0 Å². The Balaban J connectivity index is 0. The normalized spacial score (nSPS) is 12.2. The molecule has 0 aliphatic heterocycles. The molecule has 0 amide bonds. The topological polar surface area (TPSA) is 20.2 Å². The zero-order chi connectivity index (χ0) is 9.23. The number of unbranched alkanes of at least 4 members (excludes halogenated alkanes) is 5. The molecule has 0 spiro atoms. The van der Waals surface area contributed by atoms with E-state index in [2.05, 4.69) is 13.8 Å². The second-order valence-corrected chi connectivity index (χ2v) is 3.50. The maximum absolute atomic E-state index is 9.20. The predicted molar refractivity (Wildman–Crippen MR) is 61.1 cm³/mol. The first-order valence-electron chi connectivity index (χ1n) is 5.28. The van der Waals surface area contributed by atoms with Gasteiger partial charge in [0.2, 0.25) is 0 Å². The summed E-state index contributed by atoms with van der Waals surface area (Å²) in [4.78, 5) is 0. The molecule has 1 unspecified atom stereocenters. The summed E-state index contributed by atoms with van der Waals surface area (Å²) >= 11 is 0. The van der Waals surface area contributed by atoms with Crippen LogP contribution >= 0.6 is 0 Å². The van der Waals surface area contributed by atoms with E-state index in [1.165, 1.54) is 38.5 Å². The molecular formula is C11H24NaO. The van der Waals surface area contributed by atoms with E-state index in [0.717, 1.165) is 6.42 Å². The fourth-order valence-corrected chi connectivity index (χ4v) is 1.30. The molecule has 0 aliphatic carbocycles. The summed E-state index contributed by atoms with van der Waals surface area (Å²) < 4.78 is 0. The van der Waals surface area contributed by atoms with Crippen LogP contribution in [0.5, 0.6) is 0 Å². The van der Waals surface area contributed by atoms with Gasteiger partial charge in [-0.15, -0.1) is 0 Å². The molecule has 0 saturated carbocycles. The molecule has 1 atom stereocenters. The molecule has 0 aliphatic rings. The van der Waals surface area contributed by atoms with E-state index < -0.39 is 0 Å². The SMILES string of the molecule is [CH2]CC(O)CCCCCCCC.[NaH]. The van der Waals surface area contributed by atoms with E-state index in [9.17, 15) is 5.11 Å². The van der Waals surface area contributed by atoms with Crippen LogP contribution in [0, 0.1) is 6.92 Å². The van der Waals surface area contributed by atoms with Crippen LogP contribution in [0.3, 0.4) is 0 Å². The van der Waals surface area contributed by atoms with Gasteiger partial charge in [0.1, 0.15) is 0 Å². The molecule has 75 valence electrons. The molecule has 0 fully saturated rings. The fraction of sp³-hybridized carbons (Fsp3) is 0.909. The Hall–Kier alpha value is 0.960. The summed E-state index contributed by atoms with van der Waals surface area (Å²) in [5.74, 6) is 0. The van der Waals surface area contributed by atoms with Gasteiger partial charge in [-0.3, -0.25) is 0 Å². The first kappa shape index (κ1) is 16.4. The van der Waals surface area contributed by atoms with Gasteiger partial charge in [-0.05, 0) is 12.8 Å². The van der Waals surface area contributed by atoms with Gasteiger partial charge < -0.3 is 5.11 Å². The standard InChI is InChI=1S/C11H23O.Na.H/c1-3-5-6-7-8-9-10-11(12)4-2;;/h11-12H,2-10H2,1H3;;. The number of hydrogen-bond donors (Lipinski definition) is 1. The molecule has 1 nitrogen and oxygen atoms in total. The molecule has 13 heavy (non-hydrogen) atoms. The van der Waals surface area contributed by atoms with Crippen molar-refractivity contribution in [1.82, 2.24) is 0 Å². The summed E-state index contributed by atoms with van der Waals surface area (Å²) in [6.45, 7) is 5.89. The summed E-state index contributed by atoms with van der Waals surface area (Å²) in [5.41, 5.74) is 0. The molecule has 0 saturated heterocycles. The Morgan fingerprint density at radius 3 is 2.15 bits per heavy atom. The first-order valence-corrected chi connectivity index (χ1v) is 5.28. The van der Waals surface area contributed by atoms with Crippen molar-refractivity contribution in [2.24, 2.45) is 0 Å².